The summed E-state index contributed by atoms with van der Waals surface area (Å²) in [6.07, 6.45) is 1.25. The third-order valence-corrected chi connectivity index (χ3v) is 2.61. The largest absolute Gasteiger partial charge is 0.308 e. The van der Waals surface area contributed by atoms with Gasteiger partial charge >= 0.3 is 0 Å². The molecular formula is C7H10N2S. The number of aryl methyl sites for hydroxylation is 1. The van der Waals surface area contributed by atoms with Crippen LogP contribution in [-0.2, 0) is 0 Å². The summed E-state index contributed by atoms with van der Waals surface area (Å²) in [5.74, 6) is 0. The third kappa shape index (κ3) is 0.954. The van der Waals surface area contributed by atoms with Gasteiger partial charge < -0.3 is 5.32 Å². The number of thiazole rings is 1. The molecule has 1 aromatic rings. The molecule has 0 saturated carbocycles. The minimum absolute atomic E-state index is 0.560. The highest BCUT2D eigenvalue weighted by molar-refractivity contribution is 7.09. The first-order valence-electron chi connectivity index (χ1n) is 3.51. The number of rotatable bonds is 1. The van der Waals surface area contributed by atoms with E-state index in [1.165, 1.54) is 17.1 Å². The molecule has 0 spiro atoms. The number of hydrogen-bond donors (Lipinski definition) is 1. The summed E-state index contributed by atoms with van der Waals surface area (Å²) in [6, 6.07) is 0.560. The standard InChI is InChI=1S/C7H10N2S/c1-5-9-7(4-10-5)6-2-3-8-6/h4,6,8H,2-3H2,1H3/t6-/m1/s1. The van der Waals surface area contributed by atoms with E-state index in [0.29, 0.717) is 6.04 Å². The molecule has 1 aromatic heterocycles. The second-order valence-electron chi connectivity index (χ2n) is 2.59. The average Bonchev–Trinajstić information content (AvgIpc) is 2.10. The van der Waals surface area contributed by atoms with E-state index < -0.39 is 0 Å². The summed E-state index contributed by atoms with van der Waals surface area (Å²) in [6.45, 7) is 3.20. The van der Waals surface area contributed by atoms with Crippen LogP contribution in [0, 0.1) is 6.92 Å². The topological polar surface area (TPSA) is 24.9 Å². The lowest BCUT2D eigenvalue weighted by Crippen LogP contribution is -2.35. The molecule has 1 atom stereocenters. The first-order chi connectivity index (χ1) is 4.86. The van der Waals surface area contributed by atoms with Crippen LogP contribution in [0.4, 0.5) is 0 Å². The summed E-state index contributed by atoms with van der Waals surface area (Å²) in [4.78, 5) is 4.39. The molecule has 1 aliphatic heterocycles. The molecule has 0 bridgehead atoms. The summed E-state index contributed by atoms with van der Waals surface area (Å²) in [5.41, 5.74) is 1.23. The van der Waals surface area contributed by atoms with E-state index >= 15 is 0 Å². The Bertz CT molecular complexity index is 227. The van der Waals surface area contributed by atoms with Crippen molar-refractivity contribution in [2.75, 3.05) is 6.54 Å². The molecule has 0 aliphatic carbocycles. The van der Waals surface area contributed by atoms with E-state index in [9.17, 15) is 0 Å². The van der Waals surface area contributed by atoms with Gasteiger partial charge in [0.1, 0.15) is 0 Å². The van der Waals surface area contributed by atoms with Crippen LogP contribution in [0.2, 0.25) is 0 Å². The Morgan fingerprint density at radius 2 is 2.60 bits per heavy atom. The van der Waals surface area contributed by atoms with E-state index in [0.717, 1.165) is 6.54 Å². The minimum Gasteiger partial charge on any atom is -0.308 e. The van der Waals surface area contributed by atoms with Crippen molar-refractivity contribution in [1.29, 1.82) is 0 Å². The van der Waals surface area contributed by atoms with Gasteiger partial charge in [-0.1, -0.05) is 0 Å². The van der Waals surface area contributed by atoms with Crippen LogP contribution in [0.1, 0.15) is 23.2 Å². The van der Waals surface area contributed by atoms with Crippen molar-refractivity contribution < 1.29 is 0 Å². The first-order valence-corrected chi connectivity index (χ1v) is 4.39. The molecule has 0 unspecified atom stereocenters. The molecule has 1 N–H and O–H groups in total. The fraction of sp³-hybridized carbons (Fsp3) is 0.571. The average molecular weight is 154 g/mol. The molecule has 2 nitrogen and oxygen atoms in total. The lowest BCUT2D eigenvalue weighted by molar-refractivity contribution is 0.376. The van der Waals surface area contributed by atoms with Gasteiger partial charge in [0.2, 0.25) is 0 Å². The zero-order valence-corrected chi connectivity index (χ0v) is 6.74. The highest BCUT2D eigenvalue weighted by atomic mass is 32.1. The smallest absolute Gasteiger partial charge is 0.0898 e. The van der Waals surface area contributed by atoms with Crippen LogP contribution >= 0.6 is 11.3 Å². The van der Waals surface area contributed by atoms with Gasteiger partial charge in [-0.25, -0.2) is 4.98 Å². The fourth-order valence-corrected chi connectivity index (χ4v) is 1.75. The summed E-state index contributed by atoms with van der Waals surface area (Å²) >= 11 is 1.73. The van der Waals surface area contributed by atoms with Gasteiger partial charge in [0.15, 0.2) is 0 Å². The Kier molecular flexibility index (Phi) is 1.47. The van der Waals surface area contributed by atoms with Crippen LogP contribution in [0.15, 0.2) is 5.38 Å². The van der Waals surface area contributed by atoms with Crippen LogP contribution in [-0.4, -0.2) is 11.5 Å². The van der Waals surface area contributed by atoms with E-state index in [4.69, 9.17) is 0 Å². The molecule has 1 saturated heterocycles. The number of aromatic nitrogens is 1. The Labute approximate surface area is 64.3 Å². The van der Waals surface area contributed by atoms with Crippen molar-refractivity contribution in [1.82, 2.24) is 10.3 Å². The van der Waals surface area contributed by atoms with Crippen LogP contribution in [0.25, 0.3) is 0 Å². The normalized spacial score (nSPS) is 24.3. The first kappa shape index (κ1) is 6.31. The lowest BCUT2D eigenvalue weighted by Gasteiger charge is -2.25. The molecule has 0 aromatic carbocycles. The van der Waals surface area contributed by atoms with Crippen molar-refractivity contribution in [2.24, 2.45) is 0 Å². The van der Waals surface area contributed by atoms with E-state index in [2.05, 4.69) is 15.7 Å². The molecule has 1 fully saturated rings. The van der Waals surface area contributed by atoms with Gasteiger partial charge in [0, 0.05) is 5.38 Å². The predicted octanol–water partition coefficient (Wildman–Crippen LogP) is 1.49. The highest BCUT2D eigenvalue weighted by Crippen LogP contribution is 2.23. The van der Waals surface area contributed by atoms with Crippen molar-refractivity contribution in [2.45, 2.75) is 19.4 Å². The van der Waals surface area contributed by atoms with Crippen molar-refractivity contribution >= 4 is 11.3 Å². The zero-order chi connectivity index (χ0) is 6.97. The van der Waals surface area contributed by atoms with Crippen LogP contribution < -0.4 is 5.32 Å². The lowest BCUT2D eigenvalue weighted by atomic mass is 10.1. The zero-order valence-electron chi connectivity index (χ0n) is 5.92. The maximum atomic E-state index is 4.39. The minimum atomic E-state index is 0.560. The van der Waals surface area contributed by atoms with Gasteiger partial charge in [-0.3, -0.25) is 0 Å². The number of nitrogens with one attached hydrogen (secondary N) is 1. The van der Waals surface area contributed by atoms with Crippen molar-refractivity contribution in [3.63, 3.8) is 0 Å². The van der Waals surface area contributed by atoms with Gasteiger partial charge in [0.05, 0.1) is 16.7 Å². The Morgan fingerprint density at radius 3 is 3.00 bits per heavy atom. The fourth-order valence-electron chi connectivity index (χ4n) is 1.08. The Morgan fingerprint density at radius 1 is 1.80 bits per heavy atom. The van der Waals surface area contributed by atoms with Gasteiger partial charge in [-0.05, 0) is 19.9 Å². The van der Waals surface area contributed by atoms with E-state index in [-0.39, 0.29) is 0 Å². The molecule has 3 heteroatoms. The third-order valence-electron chi connectivity index (χ3n) is 1.82. The molecular weight excluding hydrogens is 144 g/mol. The summed E-state index contributed by atoms with van der Waals surface area (Å²) in [7, 11) is 0. The number of nitrogens with zero attached hydrogens (tertiary/aromatic N) is 1. The van der Waals surface area contributed by atoms with Crippen molar-refractivity contribution in [3.8, 4) is 0 Å². The Balaban J connectivity index is 2.17. The van der Waals surface area contributed by atoms with E-state index in [1.54, 1.807) is 11.3 Å². The summed E-state index contributed by atoms with van der Waals surface area (Å²) in [5, 5.41) is 6.63. The maximum absolute atomic E-state index is 4.39. The van der Waals surface area contributed by atoms with Gasteiger partial charge in [0.25, 0.3) is 0 Å². The highest BCUT2D eigenvalue weighted by Gasteiger charge is 2.20. The molecule has 2 rings (SSSR count). The number of hydrogen-bond acceptors (Lipinski definition) is 3. The second-order valence-corrected chi connectivity index (χ2v) is 3.65. The predicted molar refractivity (Wildman–Crippen MR) is 42.2 cm³/mol. The SMILES string of the molecule is Cc1nc([C@H]2CCN2)cs1. The quantitative estimate of drug-likeness (QED) is 0.663. The van der Waals surface area contributed by atoms with E-state index in [1.807, 2.05) is 6.92 Å². The molecule has 10 heavy (non-hydrogen) atoms. The molecule has 0 amide bonds. The van der Waals surface area contributed by atoms with Gasteiger partial charge in [-0.15, -0.1) is 11.3 Å². The monoisotopic (exact) mass is 154 g/mol. The van der Waals surface area contributed by atoms with Gasteiger partial charge in [-0.2, -0.15) is 0 Å². The molecule has 0 radical (unpaired) electrons. The maximum Gasteiger partial charge on any atom is 0.0898 e. The Hall–Kier alpha value is -0.410. The second kappa shape index (κ2) is 2.32. The van der Waals surface area contributed by atoms with Crippen LogP contribution in [0.5, 0.6) is 0 Å². The van der Waals surface area contributed by atoms with Crippen molar-refractivity contribution in [3.05, 3.63) is 16.1 Å². The molecule has 1 aliphatic rings. The van der Waals surface area contributed by atoms with Crippen LogP contribution in [0.3, 0.4) is 0 Å². The molecule has 54 valence electrons. The summed E-state index contributed by atoms with van der Waals surface area (Å²) < 4.78 is 0. The molecule has 2 heterocycles.